The van der Waals surface area contributed by atoms with Gasteiger partial charge in [-0.3, -0.25) is 0 Å². The number of likely N-dealkylation sites (N-methyl/N-ethyl adjacent to an activating group) is 1. The SMILES string of the molecule is CCNCC1(OC2CCCCC2)CCC(C(C)(C)C)CC1. The van der Waals surface area contributed by atoms with Crippen LogP contribution in [0.3, 0.4) is 0 Å². The van der Waals surface area contributed by atoms with Gasteiger partial charge in [-0.1, -0.05) is 47.0 Å². The lowest BCUT2D eigenvalue weighted by Gasteiger charge is -2.46. The Balaban J connectivity index is 1.94. The summed E-state index contributed by atoms with van der Waals surface area (Å²) in [5.74, 6) is 0.863. The van der Waals surface area contributed by atoms with Gasteiger partial charge in [-0.15, -0.1) is 0 Å². The molecular weight excluding hydrogens is 258 g/mol. The minimum atomic E-state index is 0.125. The molecule has 2 aliphatic carbocycles. The Morgan fingerprint density at radius 1 is 1.00 bits per heavy atom. The maximum absolute atomic E-state index is 6.72. The van der Waals surface area contributed by atoms with Crippen LogP contribution in [0.1, 0.15) is 85.5 Å². The highest BCUT2D eigenvalue weighted by atomic mass is 16.5. The molecule has 0 aromatic carbocycles. The molecule has 0 radical (unpaired) electrons. The van der Waals surface area contributed by atoms with Crippen LogP contribution in [0.4, 0.5) is 0 Å². The molecule has 2 saturated carbocycles. The summed E-state index contributed by atoms with van der Waals surface area (Å²) in [6.45, 7) is 11.5. The van der Waals surface area contributed by atoms with E-state index in [0.29, 0.717) is 11.5 Å². The largest absolute Gasteiger partial charge is 0.370 e. The fraction of sp³-hybridized carbons (Fsp3) is 1.00. The average molecular weight is 296 g/mol. The van der Waals surface area contributed by atoms with Crippen LogP contribution >= 0.6 is 0 Å². The molecule has 0 aromatic heterocycles. The zero-order chi connectivity index (χ0) is 15.3. The van der Waals surface area contributed by atoms with Crippen molar-refractivity contribution >= 4 is 0 Å². The molecule has 21 heavy (non-hydrogen) atoms. The molecule has 2 rings (SSSR count). The first-order chi connectivity index (χ1) is 9.95. The molecule has 2 nitrogen and oxygen atoms in total. The Bertz CT molecular complexity index is 293. The van der Waals surface area contributed by atoms with Gasteiger partial charge >= 0.3 is 0 Å². The topological polar surface area (TPSA) is 21.3 Å². The van der Waals surface area contributed by atoms with Crippen molar-refractivity contribution in [1.82, 2.24) is 5.32 Å². The minimum absolute atomic E-state index is 0.125. The first-order valence-electron chi connectivity index (χ1n) is 9.34. The Labute approximate surface area is 132 Å². The molecule has 0 bridgehead atoms. The Kier molecular flexibility index (Phi) is 6.14. The van der Waals surface area contributed by atoms with Crippen molar-refractivity contribution in [1.29, 1.82) is 0 Å². The summed E-state index contributed by atoms with van der Waals surface area (Å²) >= 11 is 0. The van der Waals surface area contributed by atoms with E-state index in [2.05, 4.69) is 33.0 Å². The summed E-state index contributed by atoms with van der Waals surface area (Å²) in [6, 6.07) is 0. The van der Waals surface area contributed by atoms with Gasteiger partial charge in [0.05, 0.1) is 11.7 Å². The lowest BCUT2D eigenvalue weighted by molar-refractivity contribution is -0.131. The molecule has 0 heterocycles. The standard InChI is InChI=1S/C19H37NO/c1-5-20-15-19(21-17-9-7-6-8-10-17)13-11-16(12-14-19)18(2,3)4/h16-17,20H,5-15H2,1-4H3. The smallest absolute Gasteiger partial charge is 0.0810 e. The fourth-order valence-corrected chi connectivity index (χ4v) is 4.24. The van der Waals surface area contributed by atoms with E-state index in [-0.39, 0.29) is 5.60 Å². The van der Waals surface area contributed by atoms with Crippen LogP contribution in [0.15, 0.2) is 0 Å². The van der Waals surface area contributed by atoms with Crippen molar-refractivity contribution in [2.75, 3.05) is 13.1 Å². The number of ether oxygens (including phenoxy) is 1. The Morgan fingerprint density at radius 2 is 1.62 bits per heavy atom. The van der Waals surface area contributed by atoms with E-state index in [1.54, 1.807) is 0 Å². The second-order valence-electron chi connectivity index (χ2n) is 8.48. The second kappa shape index (κ2) is 7.46. The quantitative estimate of drug-likeness (QED) is 0.777. The summed E-state index contributed by atoms with van der Waals surface area (Å²) in [5.41, 5.74) is 0.578. The van der Waals surface area contributed by atoms with Crippen molar-refractivity contribution in [3.63, 3.8) is 0 Å². The summed E-state index contributed by atoms with van der Waals surface area (Å²) in [6.07, 6.45) is 12.4. The average Bonchev–Trinajstić information content (AvgIpc) is 2.46. The van der Waals surface area contributed by atoms with Gasteiger partial charge in [-0.05, 0) is 56.4 Å². The molecule has 124 valence electrons. The van der Waals surface area contributed by atoms with Gasteiger partial charge in [0, 0.05) is 6.54 Å². The highest BCUT2D eigenvalue weighted by Crippen LogP contribution is 2.43. The molecule has 2 aliphatic rings. The third-order valence-electron chi connectivity index (χ3n) is 5.79. The van der Waals surface area contributed by atoms with E-state index in [1.165, 1.54) is 57.8 Å². The molecule has 0 spiro atoms. The summed E-state index contributed by atoms with van der Waals surface area (Å²) in [7, 11) is 0. The molecule has 0 unspecified atom stereocenters. The van der Waals surface area contributed by atoms with Gasteiger partial charge in [0.1, 0.15) is 0 Å². The first-order valence-corrected chi connectivity index (χ1v) is 9.34. The van der Waals surface area contributed by atoms with Gasteiger partial charge in [0.2, 0.25) is 0 Å². The lowest BCUT2D eigenvalue weighted by Crippen LogP contribution is -2.49. The summed E-state index contributed by atoms with van der Waals surface area (Å²) in [5, 5.41) is 3.58. The summed E-state index contributed by atoms with van der Waals surface area (Å²) in [4.78, 5) is 0. The zero-order valence-corrected chi connectivity index (χ0v) is 14.8. The Morgan fingerprint density at radius 3 is 2.14 bits per heavy atom. The van der Waals surface area contributed by atoms with E-state index in [1.807, 2.05) is 0 Å². The van der Waals surface area contributed by atoms with Crippen molar-refractivity contribution in [3.8, 4) is 0 Å². The highest BCUT2D eigenvalue weighted by Gasteiger charge is 2.40. The maximum Gasteiger partial charge on any atom is 0.0810 e. The number of hydrogen-bond donors (Lipinski definition) is 1. The van der Waals surface area contributed by atoms with Crippen LogP contribution in [0.5, 0.6) is 0 Å². The predicted molar refractivity (Wildman–Crippen MR) is 90.6 cm³/mol. The molecule has 2 heteroatoms. The summed E-state index contributed by atoms with van der Waals surface area (Å²) < 4.78 is 6.72. The van der Waals surface area contributed by atoms with Crippen molar-refractivity contribution < 1.29 is 4.74 Å². The Hall–Kier alpha value is -0.0800. The third-order valence-corrected chi connectivity index (χ3v) is 5.79. The van der Waals surface area contributed by atoms with E-state index in [9.17, 15) is 0 Å². The third kappa shape index (κ3) is 4.96. The van der Waals surface area contributed by atoms with Gasteiger partial charge in [-0.2, -0.15) is 0 Å². The highest BCUT2D eigenvalue weighted by molar-refractivity contribution is 4.93. The second-order valence-corrected chi connectivity index (χ2v) is 8.48. The fourth-order valence-electron chi connectivity index (χ4n) is 4.24. The van der Waals surface area contributed by atoms with Gasteiger partial charge < -0.3 is 10.1 Å². The number of hydrogen-bond acceptors (Lipinski definition) is 2. The van der Waals surface area contributed by atoms with Crippen LogP contribution in [-0.2, 0) is 4.74 Å². The van der Waals surface area contributed by atoms with E-state index in [4.69, 9.17) is 4.74 Å². The van der Waals surface area contributed by atoms with Gasteiger partial charge in [0.15, 0.2) is 0 Å². The molecule has 0 amide bonds. The van der Waals surface area contributed by atoms with Gasteiger partial charge in [-0.25, -0.2) is 0 Å². The van der Waals surface area contributed by atoms with Crippen molar-refractivity contribution in [2.24, 2.45) is 11.3 Å². The van der Waals surface area contributed by atoms with Crippen LogP contribution in [0.2, 0.25) is 0 Å². The van der Waals surface area contributed by atoms with Crippen LogP contribution < -0.4 is 5.32 Å². The molecule has 0 atom stereocenters. The lowest BCUT2D eigenvalue weighted by atomic mass is 9.68. The van der Waals surface area contributed by atoms with Crippen molar-refractivity contribution in [3.05, 3.63) is 0 Å². The number of nitrogens with one attached hydrogen (secondary N) is 1. The molecular formula is C19H37NO. The van der Waals surface area contributed by atoms with Crippen LogP contribution in [0.25, 0.3) is 0 Å². The van der Waals surface area contributed by atoms with Crippen molar-refractivity contribution in [2.45, 2.75) is 97.2 Å². The monoisotopic (exact) mass is 295 g/mol. The molecule has 0 saturated heterocycles. The predicted octanol–water partition coefficient (Wildman–Crippen LogP) is 4.92. The zero-order valence-electron chi connectivity index (χ0n) is 14.8. The number of rotatable bonds is 5. The normalized spacial score (nSPS) is 32.3. The van der Waals surface area contributed by atoms with E-state index < -0.39 is 0 Å². The molecule has 0 aliphatic heterocycles. The maximum atomic E-state index is 6.72. The van der Waals surface area contributed by atoms with Crippen LogP contribution in [-0.4, -0.2) is 24.8 Å². The van der Waals surface area contributed by atoms with E-state index in [0.717, 1.165) is 19.0 Å². The van der Waals surface area contributed by atoms with Gasteiger partial charge in [0.25, 0.3) is 0 Å². The minimum Gasteiger partial charge on any atom is -0.370 e. The molecule has 1 N–H and O–H groups in total. The van der Waals surface area contributed by atoms with Crippen LogP contribution in [0, 0.1) is 11.3 Å². The molecule has 2 fully saturated rings. The first kappa shape index (κ1) is 17.3. The molecule has 0 aromatic rings. The van der Waals surface area contributed by atoms with E-state index >= 15 is 0 Å².